The number of carbonyl (C=O) groups excluding carboxylic acids is 2. The number of amides is 2. The fraction of sp³-hybridized carbons (Fsp3) is 0.278. The van der Waals surface area contributed by atoms with Gasteiger partial charge in [0.25, 0.3) is 0 Å². The van der Waals surface area contributed by atoms with Gasteiger partial charge in [0.15, 0.2) is 0 Å². The van der Waals surface area contributed by atoms with Gasteiger partial charge in [0.2, 0.25) is 11.8 Å². The molecule has 1 heterocycles. The minimum absolute atomic E-state index is 0.0765. The summed E-state index contributed by atoms with van der Waals surface area (Å²) in [5.41, 5.74) is 7.53. The second kappa shape index (κ2) is 9.64. The zero-order valence-electron chi connectivity index (χ0n) is 13.8. The van der Waals surface area contributed by atoms with Crippen LogP contribution in [0.2, 0.25) is 5.02 Å². The predicted octanol–water partition coefficient (Wildman–Crippen LogP) is 3.84. The molecule has 0 saturated heterocycles. The summed E-state index contributed by atoms with van der Waals surface area (Å²) in [4.78, 5) is 27.6. The van der Waals surface area contributed by atoms with Crippen LogP contribution in [-0.2, 0) is 9.59 Å². The quantitative estimate of drug-likeness (QED) is 0.492. The Kier molecular flexibility index (Phi) is 7.22. The number of carbonyl (C=O) groups is 2. The maximum absolute atomic E-state index is 11.9. The van der Waals surface area contributed by atoms with Crippen molar-refractivity contribution in [2.24, 2.45) is 0 Å². The summed E-state index contributed by atoms with van der Waals surface area (Å²) in [6.45, 7) is 0. The molecule has 0 aliphatic carbocycles. The van der Waals surface area contributed by atoms with Crippen LogP contribution in [0, 0.1) is 0 Å². The molecule has 0 saturated carbocycles. The summed E-state index contributed by atoms with van der Waals surface area (Å²) in [6, 6.07) is 8.79. The highest BCUT2D eigenvalue weighted by Crippen LogP contribution is 2.17. The number of anilines is 3. The summed E-state index contributed by atoms with van der Waals surface area (Å²) in [5.74, 6) is -0.169. The lowest BCUT2D eigenvalue weighted by Crippen LogP contribution is -2.13. The van der Waals surface area contributed by atoms with Gasteiger partial charge in [0.05, 0.1) is 28.3 Å². The maximum Gasteiger partial charge on any atom is 0.224 e. The van der Waals surface area contributed by atoms with Crippen LogP contribution in [0.3, 0.4) is 0 Å². The Balaban J connectivity index is 1.60. The summed E-state index contributed by atoms with van der Waals surface area (Å²) < 4.78 is 0. The van der Waals surface area contributed by atoms with Crippen molar-refractivity contribution in [2.45, 2.75) is 32.1 Å². The first-order valence-electron chi connectivity index (χ1n) is 8.09. The van der Waals surface area contributed by atoms with Crippen molar-refractivity contribution in [1.82, 2.24) is 4.98 Å². The SMILES string of the molecule is Nc1ccccc1NC(=O)CCCCCC(=O)Nc1cncc(Cl)c1. The first kappa shape index (κ1) is 18.7. The van der Waals surface area contributed by atoms with Gasteiger partial charge in [0, 0.05) is 19.0 Å². The smallest absolute Gasteiger partial charge is 0.224 e. The standard InChI is InChI=1S/C18H21ClN4O2/c19-13-10-14(12-21-11-13)22-17(24)8-2-1-3-9-18(25)23-16-7-5-4-6-15(16)20/h4-7,10-12H,1-3,8-9,20H2,(H,22,24)(H,23,25). The van der Waals surface area contributed by atoms with Crippen LogP contribution in [-0.4, -0.2) is 16.8 Å². The van der Waals surface area contributed by atoms with Gasteiger partial charge in [-0.1, -0.05) is 30.2 Å². The molecule has 0 aliphatic heterocycles. The number of hydrogen-bond donors (Lipinski definition) is 3. The van der Waals surface area contributed by atoms with E-state index >= 15 is 0 Å². The molecule has 4 N–H and O–H groups in total. The number of nitrogen functional groups attached to an aromatic ring is 1. The average molecular weight is 361 g/mol. The number of unbranched alkanes of at least 4 members (excludes halogenated alkanes) is 2. The minimum Gasteiger partial charge on any atom is -0.397 e. The fourth-order valence-corrected chi connectivity index (χ4v) is 2.45. The Morgan fingerprint density at radius 3 is 2.36 bits per heavy atom. The largest absolute Gasteiger partial charge is 0.397 e. The molecule has 2 aromatic rings. The molecule has 0 fully saturated rings. The van der Waals surface area contributed by atoms with Gasteiger partial charge in [0.1, 0.15) is 0 Å². The third kappa shape index (κ3) is 6.81. The van der Waals surface area contributed by atoms with Crippen LogP contribution in [0.5, 0.6) is 0 Å². The monoisotopic (exact) mass is 360 g/mol. The van der Waals surface area contributed by atoms with Gasteiger partial charge in [-0.25, -0.2) is 0 Å². The van der Waals surface area contributed by atoms with E-state index in [0.717, 1.165) is 6.42 Å². The molecule has 0 bridgehead atoms. The second-order valence-corrected chi connectivity index (χ2v) is 6.07. The Hall–Kier alpha value is -2.60. The van der Waals surface area contributed by atoms with E-state index in [0.29, 0.717) is 47.8 Å². The van der Waals surface area contributed by atoms with E-state index < -0.39 is 0 Å². The number of para-hydroxylation sites is 2. The summed E-state index contributed by atoms with van der Waals surface area (Å²) in [6.07, 6.45) is 6.05. The Labute approximate surface area is 151 Å². The molecule has 132 valence electrons. The zero-order valence-corrected chi connectivity index (χ0v) is 14.6. The molecule has 0 atom stereocenters. The van der Waals surface area contributed by atoms with E-state index in [1.54, 1.807) is 24.4 Å². The number of nitrogens with two attached hydrogens (primary N) is 1. The Morgan fingerprint density at radius 2 is 1.68 bits per heavy atom. The molecule has 0 aliphatic rings. The predicted molar refractivity (Wildman–Crippen MR) is 100 cm³/mol. The zero-order chi connectivity index (χ0) is 18.1. The number of aromatic nitrogens is 1. The maximum atomic E-state index is 11.9. The topological polar surface area (TPSA) is 97.1 Å². The Bertz CT molecular complexity index is 737. The van der Waals surface area contributed by atoms with Crippen molar-refractivity contribution in [2.75, 3.05) is 16.4 Å². The van der Waals surface area contributed by atoms with Crippen molar-refractivity contribution in [3.8, 4) is 0 Å². The number of hydrogen-bond acceptors (Lipinski definition) is 4. The number of rotatable bonds is 8. The van der Waals surface area contributed by atoms with E-state index in [1.165, 1.54) is 6.20 Å². The van der Waals surface area contributed by atoms with E-state index in [-0.39, 0.29) is 11.8 Å². The average Bonchev–Trinajstić information content (AvgIpc) is 2.56. The highest BCUT2D eigenvalue weighted by molar-refractivity contribution is 6.30. The number of benzene rings is 1. The highest BCUT2D eigenvalue weighted by atomic mass is 35.5. The third-order valence-corrected chi connectivity index (χ3v) is 3.74. The highest BCUT2D eigenvalue weighted by Gasteiger charge is 2.06. The fourth-order valence-electron chi connectivity index (χ4n) is 2.28. The molecule has 0 radical (unpaired) electrons. The normalized spacial score (nSPS) is 10.3. The van der Waals surface area contributed by atoms with Crippen molar-refractivity contribution in [3.63, 3.8) is 0 Å². The lowest BCUT2D eigenvalue weighted by Gasteiger charge is -2.08. The second-order valence-electron chi connectivity index (χ2n) is 5.64. The van der Waals surface area contributed by atoms with Crippen molar-refractivity contribution >= 4 is 40.5 Å². The molecule has 2 amide bonds. The Morgan fingerprint density at radius 1 is 1.00 bits per heavy atom. The molecule has 0 spiro atoms. The molecule has 1 aromatic heterocycles. The number of nitrogens with one attached hydrogen (secondary N) is 2. The van der Waals surface area contributed by atoms with Crippen LogP contribution in [0.25, 0.3) is 0 Å². The first-order valence-corrected chi connectivity index (χ1v) is 8.47. The van der Waals surface area contributed by atoms with Crippen molar-refractivity contribution in [1.29, 1.82) is 0 Å². The van der Waals surface area contributed by atoms with E-state index in [1.807, 2.05) is 12.1 Å². The summed E-state index contributed by atoms with van der Waals surface area (Å²) >= 11 is 5.81. The van der Waals surface area contributed by atoms with Crippen LogP contribution in [0.4, 0.5) is 17.1 Å². The summed E-state index contributed by atoms with van der Waals surface area (Å²) in [5, 5.41) is 6.00. The van der Waals surface area contributed by atoms with Crippen LogP contribution in [0.15, 0.2) is 42.7 Å². The molecule has 0 unspecified atom stereocenters. The number of halogens is 1. The molecule has 6 nitrogen and oxygen atoms in total. The van der Waals surface area contributed by atoms with Crippen LogP contribution < -0.4 is 16.4 Å². The molecular weight excluding hydrogens is 340 g/mol. The van der Waals surface area contributed by atoms with Crippen LogP contribution >= 0.6 is 11.6 Å². The summed E-state index contributed by atoms with van der Waals surface area (Å²) in [7, 11) is 0. The lowest BCUT2D eigenvalue weighted by molar-refractivity contribution is -0.116. The number of nitrogens with zero attached hydrogens (tertiary/aromatic N) is 1. The van der Waals surface area contributed by atoms with Crippen molar-refractivity contribution < 1.29 is 9.59 Å². The van der Waals surface area contributed by atoms with E-state index in [4.69, 9.17) is 17.3 Å². The van der Waals surface area contributed by atoms with Gasteiger partial charge in [-0.2, -0.15) is 0 Å². The molecular formula is C18H21ClN4O2. The molecule has 7 heteroatoms. The molecule has 1 aromatic carbocycles. The first-order chi connectivity index (χ1) is 12.0. The van der Waals surface area contributed by atoms with Crippen LogP contribution in [0.1, 0.15) is 32.1 Å². The van der Waals surface area contributed by atoms with Crippen molar-refractivity contribution in [3.05, 3.63) is 47.7 Å². The van der Waals surface area contributed by atoms with Gasteiger partial charge < -0.3 is 16.4 Å². The van der Waals surface area contributed by atoms with Gasteiger partial charge in [-0.05, 0) is 31.0 Å². The van der Waals surface area contributed by atoms with Gasteiger partial charge >= 0.3 is 0 Å². The van der Waals surface area contributed by atoms with Gasteiger partial charge in [-0.3, -0.25) is 14.6 Å². The molecule has 25 heavy (non-hydrogen) atoms. The lowest BCUT2D eigenvalue weighted by atomic mass is 10.1. The molecule has 2 rings (SSSR count). The van der Waals surface area contributed by atoms with E-state index in [9.17, 15) is 9.59 Å². The number of pyridine rings is 1. The van der Waals surface area contributed by atoms with E-state index in [2.05, 4.69) is 15.6 Å². The minimum atomic E-state index is -0.0921. The third-order valence-electron chi connectivity index (χ3n) is 3.53. The van der Waals surface area contributed by atoms with Gasteiger partial charge in [-0.15, -0.1) is 0 Å².